The van der Waals surface area contributed by atoms with Crippen LogP contribution in [-0.4, -0.2) is 51.9 Å². The minimum Gasteiger partial charge on any atom is -0.383 e. The van der Waals surface area contributed by atoms with Crippen LogP contribution in [0.25, 0.3) is 10.9 Å². The van der Waals surface area contributed by atoms with Gasteiger partial charge in [0.2, 0.25) is 6.29 Å². The third-order valence-electron chi connectivity index (χ3n) is 4.68. The Morgan fingerprint density at radius 1 is 1.21 bits per heavy atom. The molecule has 1 atom stereocenters. The average molecular weight is 396 g/mol. The number of aldehydes is 1. The third-order valence-corrected chi connectivity index (χ3v) is 4.68. The predicted molar refractivity (Wildman–Crippen MR) is 115 cm³/mol. The summed E-state index contributed by atoms with van der Waals surface area (Å²) >= 11 is 0. The van der Waals surface area contributed by atoms with Crippen molar-refractivity contribution >= 4 is 34.6 Å². The number of hydrogen-bond donors (Lipinski definition) is 3. The van der Waals surface area contributed by atoms with E-state index in [0.717, 1.165) is 6.04 Å². The van der Waals surface area contributed by atoms with Crippen LogP contribution in [0.1, 0.15) is 26.2 Å². The quantitative estimate of drug-likeness (QED) is 0.453. The fourth-order valence-corrected chi connectivity index (χ4v) is 2.84. The van der Waals surface area contributed by atoms with Gasteiger partial charge in [-0.1, -0.05) is 42.8 Å². The first-order chi connectivity index (χ1) is 14.0. The van der Waals surface area contributed by atoms with Crippen molar-refractivity contribution in [2.45, 2.75) is 32.2 Å². The van der Waals surface area contributed by atoms with E-state index < -0.39 is 5.91 Å². The van der Waals surface area contributed by atoms with Gasteiger partial charge in [0, 0.05) is 6.04 Å². The lowest BCUT2D eigenvalue weighted by Gasteiger charge is -2.29. The summed E-state index contributed by atoms with van der Waals surface area (Å²) < 4.78 is 0. The largest absolute Gasteiger partial charge is 0.383 e. The SMILES string of the molecule is C[C@@H]1CCCCN1C.Nc1ncc(NC(=O)C=O)c2[nH]ncc12.c1ccccc1. The van der Waals surface area contributed by atoms with Crippen LogP contribution in [-0.2, 0) is 9.59 Å². The molecule has 2 aromatic heterocycles. The number of carbonyl (C=O) groups excluding carboxylic acids is 2. The number of benzene rings is 1. The zero-order valence-electron chi connectivity index (χ0n) is 16.8. The average Bonchev–Trinajstić information content (AvgIpc) is 3.26. The first kappa shape index (κ1) is 22.0. The van der Waals surface area contributed by atoms with Gasteiger partial charge in [-0.2, -0.15) is 5.10 Å². The van der Waals surface area contributed by atoms with E-state index in [1.165, 1.54) is 38.2 Å². The van der Waals surface area contributed by atoms with E-state index in [2.05, 4.69) is 39.4 Å². The number of pyridine rings is 1. The van der Waals surface area contributed by atoms with Gasteiger partial charge in [0.05, 0.1) is 29.0 Å². The van der Waals surface area contributed by atoms with Crippen LogP contribution in [0.3, 0.4) is 0 Å². The number of aromatic nitrogens is 3. The fraction of sp³-hybridized carbons (Fsp3) is 0.333. The van der Waals surface area contributed by atoms with E-state index in [-0.39, 0.29) is 6.29 Å². The molecular weight excluding hydrogens is 368 g/mol. The molecule has 1 aromatic carbocycles. The molecule has 29 heavy (non-hydrogen) atoms. The number of rotatable bonds is 2. The number of hydrogen-bond acceptors (Lipinski definition) is 6. The van der Waals surface area contributed by atoms with Gasteiger partial charge in [0.25, 0.3) is 5.91 Å². The normalized spacial score (nSPS) is 16.0. The van der Waals surface area contributed by atoms with Crippen LogP contribution in [0.5, 0.6) is 0 Å². The number of nitrogens with two attached hydrogens (primary N) is 1. The second-order valence-corrected chi connectivity index (χ2v) is 6.80. The topological polar surface area (TPSA) is 117 Å². The minimum atomic E-state index is -0.752. The van der Waals surface area contributed by atoms with Crippen molar-refractivity contribution in [3.8, 4) is 0 Å². The van der Waals surface area contributed by atoms with E-state index in [1.807, 2.05) is 36.4 Å². The monoisotopic (exact) mass is 396 g/mol. The van der Waals surface area contributed by atoms with E-state index >= 15 is 0 Å². The predicted octanol–water partition coefficient (Wildman–Crippen LogP) is 2.85. The molecule has 4 N–H and O–H groups in total. The van der Waals surface area contributed by atoms with Crippen LogP contribution in [0.15, 0.2) is 48.8 Å². The van der Waals surface area contributed by atoms with Gasteiger partial charge < -0.3 is 16.0 Å². The molecule has 154 valence electrons. The second kappa shape index (κ2) is 11.6. The van der Waals surface area contributed by atoms with Crippen LogP contribution in [0, 0.1) is 0 Å². The van der Waals surface area contributed by atoms with Gasteiger partial charge >= 0.3 is 0 Å². The number of fused-ring (bicyclic) bond motifs is 1. The first-order valence-corrected chi connectivity index (χ1v) is 9.57. The Hall–Kier alpha value is -3.26. The van der Waals surface area contributed by atoms with E-state index in [4.69, 9.17) is 5.73 Å². The summed E-state index contributed by atoms with van der Waals surface area (Å²) in [6, 6.07) is 12.8. The molecule has 8 nitrogen and oxygen atoms in total. The minimum absolute atomic E-state index is 0.179. The zero-order valence-corrected chi connectivity index (χ0v) is 16.8. The zero-order chi connectivity index (χ0) is 21.1. The molecule has 1 aliphatic rings. The lowest BCUT2D eigenvalue weighted by molar-refractivity contribution is -0.127. The Balaban J connectivity index is 0.000000178. The van der Waals surface area contributed by atoms with Crippen molar-refractivity contribution in [3.63, 3.8) is 0 Å². The molecule has 0 unspecified atom stereocenters. The molecule has 0 saturated carbocycles. The van der Waals surface area contributed by atoms with Crippen molar-refractivity contribution in [2.24, 2.45) is 0 Å². The van der Waals surface area contributed by atoms with Crippen LogP contribution >= 0.6 is 0 Å². The molecule has 1 amide bonds. The number of anilines is 2. The van der Waals surface area contributed by atoms with Crippen LogP contribution in [0.2, 0.25) is 0 Å². The molecule has 0 spiro atoms. The molecular formula is C21H28N6O2. The molecule has 3 aromatic rings. The maximum atomic E-state index is 10.9. The van der Waals surface area contributed by atoms with Gasteiger partial charge in [-0.05, 0) is 33.4 Å². The molecule has 1 aliphatic heterocycles. The molecule has 3 heterocycles. The van der Waals surface area contributed by atoms with Gasteiger partial charge in [0.1, 0.15) is 5.82 Å². The highest BCUT2D eigenvalue weighted by Gasteiger charge is 2.12. The van der Waals surface area contributed by atoms with Crippen molar-refractivity contribution in [1.82, 2.24) is 20.1 Å². The maximum Gasteiger partial charge on any atom is 0.288 e. The standard InChI is InChI=1S/C8H7N5O2.C7H15N.C6H6/c9-8-4-1-11-13-7(4)5(2-10-8)12-6(15)3-14;1-7-5-3-4-6-8(7)2;1-2-4-6-5-3-1/h1-3H,(H2,9,10)(H,11,13)(H,12,15);7H,3-6H2,1-2H3;1-6H/t;7-;/m.1./s1. The summed E-state index contributed by atoms with van der Waals surface area (Å²) in [5.41, 5.74) is 6.49. The number of amides is 1. The Morgan fingerprint density at radius 2 is 1.86 bits per heavy atom. The van der Waals surface area contributed by atoms with Crippen molar-refractivity contribution in [2.75, 3.05) is 24.6 Å². The van der Waals surface area contributed by atoms with Gasteiger partial charge in [-0.25, -0.2) is 4.98 Å². The molecule has 0 radical (unpaired) electrons. The van der Waals surface area contributed by atoms with Crippen molar-refractivity contribution < 1.29 is 9.59 Å². The third kappa shape index (κ3) is 7.00. The smallest absolute Gasteiger partial charge is 0.288 e. The Morgan fingerprint density at radius 3 is 2.38 bits per heavy atom. The summed E-state index contributed by atoms with van der Waals surface area (Å²) in [5.74, 6) is -0.444. The highest BCUT2D eigenvalue weighted by molar-refractivity contribution is 6.30. The van der Waals surface area contributed by atoms with Gasteiger partial charge in [-0.15, -0.1) is 0 Å². The molecule has 0 aliphatic carbocycles. The van der Waals surface area contributed by atoms with Gasteiger partial charge in [0.15, 0.2) is 0 Å². The molecule has 0 bridgehead atoms. The molecule has 1 fully saturated rings. The highest BCUT2D eigenvalue weighted by atomic mass is 16.2. The second-order valence-electron chi connectivity index (χ2n) is 6.80. The number of H-pyrrole nitrogens is 1. The number of carbonyl (C=O) groups is 2. The lowest BCUT2D eigenvalue weighted by Crippen LogP contribution is -2.33. The van der Waals surface area contributed by atoms with Crippen molar-refractivity contribution in [3.05, 3.63) is 48.8 Å². The van der Waals surface area contributed by atoms with E-state index in [1.54, 1.807) is 0 Å². The molecule has 1 saturated heterocycles. The lowest BCUT2D eigenvalue weighted by atomic mass is 10.1. The van der Waals surface area contributed by atoms with Gasteiger partial charge in [-0.3, -0.25) is 14.7 Å². The Kier molecular flexibility index (Phi) is 8.78. The van der Waals surface area contributed by atoms with Crippen LogP contribution < -0.4 is 11.1 Å². The summed E-state index contributed by atoms with van der Waals surface area (Å²) in [5, 5.41) is 9.38. The number of nitrogens with one attached hydrogen (secondary N) is 2. The molecule has 4 rings (SSSR count). The molecule has 8 heteroatoms. The Labute approximate surface area is 170 Å². The summed E-state index contributed by atoms with van der Waals surface area (Å²) in [4.78, 5) is 27.3. The number of piperidine rings is 1. The Bertz CT molecular complexity index is 860. The summed E-state index contributed by atoms with van der Waals surface area (Å²) in [6.07, 6.45) is 7.27. The van der Waals surface area contributed by atoms with E-state index in [0.29, 0.717) is 22.4 Å². The fourth-order valence-electron chi connectivity index (χ4n) is 2.84. The number of nitrogens with zero attached hydrogens (tertiary/aromatic N) is 3. The summed E-state index contributed by atoms with van der Waals surface area (Å²) in [6.45, 7) is 3.61. The maximum absolute atomic E-state index is 10.9. The van der Waals surface area contributed by atoms with E-state index in [9.17, 15) is 9.59 Å². The van der Waals surface area contributed by atoms with Crippen LogP contribution in [0.4, 0.5) is 11.5 Å². The number of aromatic amines is 1. The number of likely N-dealkylation sites (tertiary alicyclic amines) is 1. The van der Waals surface area contributed by atoms with Crippen molar-refractivity contribution in [1.29, 1.82) is 0 Å². The summed E-state index contributed by atoms with van der Waals surface area (Å²) in [7, 11) is 2.21. The first-order valence-electron chi connectivity index (χ1n) is 9.57. The number of nitrogen functional groups attached to an aromatic ring is 1. The highest BCUT2D eigenvalue weighted by Crippen LogP contribution is 2.23.